The van der Waals surface area contributed by atoms with E-state index in [1.807, 2.05) is 0 Å². The van der Waals surface area contributed by atoms with Gasteiger partial charge in [0, 0.05) is 42.9 Å². The van der Waals surface area contributed by atoms with Crippen LogP contribution in [-0.4, -0.2) is 40.4 Å². The first-order valence-corrected chi connectivity index (χ1v) is 11.7. The molecule has 0 saturated heterocycles. The second kappa shape index (κ2) is 8.68. The molecule has 2 aromatic carbocycles. The number of nitrogens with one attached hydrogen (secondary N) is 2. The molecule has 1 aliphatic heterocycles. The lowest BCUT2D eigenvalue weighted by Gasteiger charge is -2.17. The van der Waals surface area contributed by atoms with Gasteiger partial charge in [-0.2, -0.15) is 0 Å². The predicted molar refractivity (Wildman–Crippen MR) is 117 cm³/mol. The summed E-state index contributed by atoms with van der Waals surface area (Å²) in [5, 5.41) is 2.72. The Morgan fingerprint density at radius 2 is 1.97 bits per heavy atom. The van der Waals surface area contributed by atoms with Crippen molar-refractivity contribution in [1.29, 1.82) is 0 Å². The number of hydrogen-bond donors (Lipinski definition) is 2. The van der Waals surface area contributed by atoms with Gasteiger partial charge in [-0.1, -0.05) is 6.07 Å². The van der Waals surface area contributed by atoms with E-state index in [2.05, 4.69) is 10.0 Å². The van der Waals surface area contributed by atoms with Crippen LogP contribution < -0.4 is 19.7 Å². The lowest BCUT2D eigenvalue weighted by molar-refractivity contribution is -0.119. The number of carbonyl (C=O) groups excluding carboxylic acids is 2. The minimum atomic E-state index is -3.76. The quantitative estimate of drug-likeness (QED) is 0.651. The average Bonchev–Trinajstić information content (AvgIpc) is 3.52. The van der Waals surface area contributed by atoms with Gasteiger partial charge in [0.1, 0.15) is 5.75 Å². The molecule has 164 valence electrons. The van der Waals surface area contributed by atoms with Crippen LogP contribution in [0.2, 0.25) is 0 Å². The number of ether oxygens (including phenoxy) is 1. The van der Waals surface area contributed by atoms with E-state index in [0.29, 0.717) is 24.4 Å². The maximum atomic E-state index is 12.6. The fourth-order valence-electron chi connectivity index (χ4n) is 3.63. The Bertz CT molecular complexity index is 1110. The lowest BCUT2D eigenvalue weighted by atomic mass is 10.2. The average molecular weight is 444 g/mol. The standard InChI is InChI=1S/C22H25N3O5S/c1-30-18-4-2-3-17(14-18)24-21(26)9-11-23-31(28,29)19-7-8-20-16(13-19)10-12-25(20)22(27)15-5-6-15/h2-4,7-8,13-15,23H,5-6,9-12H2,1H3,(H,24,26). The van der Waals surface area contributed by atoms with E-state index < -0.39 is 10.0 Å². The third kappa shape index (κ3) is 4.88. The van der Waals surface area contributed by atoms with Crippen LogP contribution in [0.4, 0.5) is 11.4 Å². The van der Waals surface area contributed by atoms with E-state index >= 15 is 0 Å². The van der Waals surface area contributed by atoms with Gasteiger partial charge in [-0.3, -0.25) is 9.59 Å². The number of rotatable bonds is 8. The highest BCUT2D eigenvalue weighted by molar-refractivity contribution is 7.89. The molecule has 0 atom stereocenters. The van der Waals surface area contributed by atoms with Crippen molar-refractivity contribution < 1.29 is 22.7 Å². The van der Waals surface area contributed by atoms with Gasteiger partial charge in [-0.25, -0.2) is 13.1 Å². The minimum absolute atomic E-state index is 0.00888. The molecule has 0 radical (unpaired) electrons. The number of anilines is 2. The molecular formula is C22H25N3O5S. The first-order valence-electron chi connectivity index (χ1n) is 10.3. The molecule has 2 aromatic rings. The van der Waals surface area contributed by atoms with E-state index in [1.54, 1.807) is 41.3 Å². The van der Waals surface area contributed by atoms with E-state index in [9.17, 15) is 18.0 Å². The molecule has 1 heterocycles. The van der Waals surface area contributed by atoms with Gasteiger partial charge in [0.2, 0.25) is 21.8 Å². The molecule has 9 heteroatoms. The number of nitrogens with zero attached hydrogens (tertiary/aromatic N) is 1. The molecule has 0 spiro atoms. The molecule has 2 N–H and O–H groups in total. The number of benzene rings is 2. The molecule has 0 aromatic heterocycles. The molecule has 4 rings (SSSR count). The number of amides is 2. The van der Waals surface area contributed by atoms with Gasteiger partial charge in [0.25, 0.3) is 0 Å². The van der Waals surface area contributed by atoms with Gasteiger partial charge in [0.15, 0.2) is 0 Å². The highest BCUT2D eigenvalue weighted by Gasteiger charge is 2.36. The fourth-order valence-corrected chi connectivity index (χ4v) is 4.71. The highest BCUT2D eigenvalue weighted by Crippen LogP contribution is 2.37. The Morgan fingerprint density at radius 3 is 2.71 bits per heavy atom. The Balaban J connectivity index is 1.33. The Hall–Kier alpha value is -2.91. The molecule has 1 saturated carbocycles. The molecule has 8 nitrogen and oxygen atoms in total. The second-order valence-electron chi connectivity index (χ2n) is 7.73. The summed E-state index contributed by atoms with van der Waals surface area (Å²) in [4.78, 5) is 26.4. The molecule has 2 aliphatic rings. The van der Waals surface area contributed by atoms with Crippen LogP contribution in [0.15, 0.2) is 47.4 Å². The number of hydrogen-bond acceptors (Lipinski definition) is 5. The number of methoxy groups -OCH3 is 1. The van der Waals surface area contributed by atoms with Crippen LogP contribution >= 0.6 is 0 Å². The van der Waals surface area contributed by atoms with Crippen LogP contribution in [0.5, 0.6) is 5.75 Å². The summed E-state index contributed by atoms with van der Waals surface area (Å²) in [6.07, 6.45) is 2.50. The molecule has 1 aliphatic carbocycles. The Morgan fingerprint density at radius 1 is 1.16 bits per heavy atom. The fraction of sp³-hybridized carbons (Fsp3) is 0.364. The summed E-state index contributed by atoms with van der Waals surface area (Å²) in [7, 11) is -2.22. The van der Waals surface area contributed by atoms with Gasteiger partial charge in [-0.15, -0.1) is 0 Å². The highest BCUT2D eigenvalue weighted by atomic mass is 32.2. The van der Waals surface area contributed by atoms with E-state index in [1.165, 1.54) is 13.2 Å². The largest absolute Gasteiger partial charge is 0.497 e. The summed E-state index contributed by atoms with van der Waals surface area (Å²) in [6, 6.07) is 11.8. The van der Waals surface area contributed by atoms with E-state index in [4.69, 9.17) is 4.74 Å². The van der Waals surface area contributed by atoms with Crippen LogP contribution in [0.3, 0.4) is 0 Å². The zero-order valence-electron chi connectivity index (χ0n) is 17.3. The lowest BCUT2D eigenvalue weighted by Crippen LogP contribution is -2.30. The molecule has 1 fully saturated rings. The Labute approximate surface area is 181 Å². The molecular weight excluding hydrogens is 418 g/mol. The van der Waals surface area contributed by atoms with Crippen molar-refractivity contribution in [3.05, 3.63) is 48.0 Å². The van der Waals surface area contributed by atoms with E-state index in [-0.39, 0.29) is 35.6 Å². The van der Waals surface area contributed by atoms with Crippen molar-refractivity contribution in [1.82, 2.24) is 4.72 Å². The summed E-state index contributed by atoms with van der Waals surface area (Å²) >= 11 is 0. The van der Waals surface area contributed by atoms with Crippen molar-refractivity contribution in [2.45, 2.75) is 30.6 Å². The van der Waals surface area contributed by atoms with Crippen molar-refractivity contribution in [3.63, 3.8) is 0 Å². The topological polar surface area (TPSA) is 105 Å². The smallest absolute Gasteiger partial charge is 0.240 e. The Kier molecular flexibility index (Phi) is 5.97. The van der Waals surface area contributed by atoms with E-state index in [0.717, 1.165) is 24.1 Å². The zero-order valence-corrected chi connectivity index (χ0v) is 18.1. The third-order valence-electron chi connectivity index (χ3n) is 5.45. The van der Waals surface area contributed by atoms with Crippen molar-refractivity contribution in [3.8, 4) is 5.75 Å². The van der Waals surface area contributed by atoms with Crippen LogP contribution in [0.25, 0.3) is 0 Å². The van der Waals surface area contributed by atoms with Crippen molar-refractivity contribution >= 4 is 33.2 Å². The zero-order chi connectivity index (χ0) is 22.0. The second-order valence-corrected chi connectivity index (χ2v) is 9.50. The summed E-state index contributed by atoms with van der Waals surface area (Å²) in [5.74, 6) is 0.570. The summed E-state index contributed by atoms with van der Waals surface area (Å²) in [6.45, 7) is 0.563. The minimum Gasteiger partial charge on any atom is -0.497 e. The molecule has 2 amide bonds. The van der Waals surface area contributed by atoms with Gasteiger partial charge in [-0.05, 0) is 55.2 Å². The third-order valence-corrected chi connectivity index (χ3v) is 6.91. The number of carbonyl (C=O) groups is 2. The molecule has 0 unspecified atom stereocenters. The first kappa shape index (κ1) is 21.3. The molecule has 0 bridgehead atoms. The van der Waals surface area contributed by atoms with Gasteiger partial charge >= 0.3 is 0 Å². The van der Waals surface area contributed by atoms with Crippen LogP contribution in [-0.2, 0) is 26.0 Å². The van der Waals surface area contributed by atoms with Gasteiger partial charge in [0.05, 0.1) is 12.0 Å². The van der Waals surface area contributed by atoms with Crippen molar-refractivity contribution in [2.24, 2.45) is 5.92 Å². The van der Waals surface area contributed by atoms with Gasteiger partial charge < -0.3 is 15.0 Å². The maximum Gasteiger partial charge on any atom is 0.240 e. The summed E-state index contributed by atoms with van der Waals surface area (Å²) < 4.78 is 32.9. The SMILES string of the molecule is COc1cccc(NC(=O)CCNS(=O)(=O)c2ccc3c(c2)CCN3C(=O)C2CC2)c1. The van der Waals surface area contributed by atoms with Crippen LogP contribution in [0, 0.1) is 5.92 Å². The first-order chi connectivity index (χ1) is 14.9. The number of fused-ring (bicyclic) bond motifs is 1. The normalized spacial score (nSPS) is 15.5. The maximum absolute atomic E-state index is 12.6. The van der Waals surface area contributed by atoms with Crippen molar-refractivity contribution in [2.75, 3.05) is 30.4 Å². The molecule has 31 heavy (non-hydrogen) atoms. The van der Waals surface area contributed by atoms with Crippen LogP contribution in [0.1, 0.15) is 24.8 Å². The summed E-state index contributed by atoms with van der Waals surface area (Å²) in [5.41, 5.74) is 2.23. The monoisotopic (exact) mass is 443 g/mol. The number of sulfonamides is 1. The predicted octanol–water partition coefficient (Wildman–Crippen LogP) is 2.30.